The van der Waals surface area contributed by atoms with Crippen LogP contribution in [0, 0.1) is 0 Å². The van der Waals surface area contributed by atoms with E-state index in [0.29, 0.717) is 37.4 Å². The van der Waals surface area contributed by atoms with E-state index < -0.39 is 10.0 Å². The van der Waals surface area contributed by atoms with Gasteiger partial charge in [-0.05, 0) is 68.8 Å². The zero-order valence-corrected chi connectivity index (χ0v) is 21.3. The Labute approximate surface area is 204 Å². The fraction of sp³-hybridized carbons (Fsp3) is 0.500. The molecule has 0 spiro atoms. The summed E-state index contributed by atoms with van der Waals surface area (Å²) in [5.41, 5.74) is 2.05. The van der Waals surface area contributed by atoms with Gasteiger partial charge < -0.3 is 15.0 Å². The lowest BCUT2D eigenvalue weighted by Crippen LogP contribution is -2.34. The summed E-state index contributed by atoms with van der Waals surface area (Å²) in [7, 11) is 2.17. The maximum atomic E-state index is 12.9. The molecule has 1 N–H and O–H groups in total. The van der Waals surface area contributed by atoms with E-state index in [9.17, 15) is 13.2 Å². The van der Waals surface area contributed by atoms with E-state index >= 15 is 0 Å². The normalized spacial score (nSPS) is 16.1. The lowest BCUT2D eigenvalue weighted by Gasteiger charge is -2.25. The average molecular weight is 488 g/mol. The SMILES string of the molecule is COc1ccc(C(CNC(=O)CCc2ccc(S(=O)(=O)N3CCCCCC3)cc2)N(C)C)cc1. The molecule has 7 nitrogen and oxygen atoms in total. The second-order valence-electron chi connectivity index (χ2n) is 9.02. The number of hydrogen-bond donors (Lipinski definition) is 1. The first-order valence-corrected chi connectivity index (χ1v) is 13.4. The van der Waals surface area contributed by atoms with Gasteiger partial charge in [0.2, 0.25) is 15.9 Å². The van der Waals surface area contributed by atoms with Gasteiger partial charge in [-0.3, -0.25) is 4.79 Å². The lowest BCUT2D eigenvalue weighted by molar-refractivity contribution is -0.121. The predicted octanol–water partition coefficient (Wildman–Crippen LogP) is 3.61. The van der Waals surface area contributed by atoms with Crippen LogP contribution < -0.4 is 10.1 Å². The lowest BCUT2D eigenvalue weighted by atomic mass is 10.1. The zero-order valence-electron chi connectivity index (χ0n) is 20.5. The van der Waals surface area contributed by atoms with E-state index in [1.165, 1.54) is 0 Å². The highest BCUT2D eigenvalue weighted by Gasteiger charge is 2.25. The Balaban J connectivity index is 1.52. The van der Waals surface area contributed by atoms with Crippen LogP contribution in [-0.4, -0.2) is 64.4 Å². The number of sulfonamides is 1. The Morgan fingerprint density at radius 1 is 1.00 bits per heavy atom. The standard InChI is InChI=1S/C26H37N3O4S/c1-28(2)25(22-11-13-23(33-3)14-12-22)20-27-26(30)17-10-21-8-15-24(16-9-21)34(31,32)29-18-6-4-5-7-19-29/h8-9,11-16,25H,4-7,10,17-20H2,1-3H3,(H,27,30). The van der Waals surface area contributed by atoms with Gasteiger partial charge in [0.05, 0.1) is 18.0 Å². The fourth-order valence-corrected chi connectivity index (χ4v) is 5.76. The topological polar surface area (TPSA) is 78.9 Å². The largest absolute Gasteiger partial charge is 0.497 e. The fourth-order valence-electron chi connectivity index (χ4n) is 4.24. The summed E-state index contributed by atoms with van der Waals surface area (Å²) < 4.78 is 32.7. The van der Waals surface area contributed by atoms with Crippen molar-refractivity contribution in [3.63, 3.8) is 0 Å². The van der Waals surface area contributed by atoms with Gasteiger partial charge in [0.15, 0.2) is 0 Å². The molecule has 1 atom stereocenters. The van der Waals surface area contributed by atoms with Crippen LogP contribution >= 0.6 is 0 Å². The highest BCUT2D eigenvalue weighted by Crippen LogP contribution is 2.22. The molecule has 1 fully saturated rings. The molecule has 1 saturated heterocycles. The van der Waals surface area contributed by atoms with Gasteiger partial charge in [-0.25, -0.2) is 8.42 Å². The van der Waals surface area contributed by atoms with Crippen molar-refractivity contribution in [2.24, 2.45) is 0 Å². The number of likely N-dealkylation sites (N-methyl/N-ethyl adjacent to an activating group) is 1. The molecule has 2 aromatic rings. The third-order valence-corrected chi connectivity index (χ3v) is 8.30. The molecule has 0 aliphatic carbocycles. The highest BCUT2D eigenvalue weighted by molar-refractivity contribution is 7.89. The molecule has 34 heavy (non-hydrogen) atoms. The van der Waals surface area contributed by atoms with E-state index in [0.717, 1.165) is 42.6 Å². The number of hydrogen-bond acceptors (Lipinski definition) is 5. The van der Waals surface area contributed by atoms with Crippen molar-refractivity contribution >= 4 is 15.9 Å². The zero-order chi connectivity index (χ0) is 24.6. The van der Waals surface area contributed by atoms with E-state index in [1.807, 2.05) is 50.5 Å². The predicted molar refractivity (Wildman–Crippen MR) is 134 cm³/mol. The number of methoxy groups -OCH3 is 1. The Bertz CT molecular complexity index is 1010. The van der Waals surface area contributed by atoms with Crippen LogP contribution in [0.1, 0.15) is 49.3 Å². The molecular weight excluding hydrogens is 450 g/mol. The molecule has 1 aliphatic rings. The summed E-state index contributed by atoms with van der Waals surface area (Å²) in [6.45, 7) is 1.69. The number of benzene rings is 2. The number of rotatable bonds is 10. The van der Waals surface area contributed by atoms with Crippen LogP contribution in [0.15, 0.2) is 53.4 Å². The minimum atomic E-state index is -3.45. The van der Waals surface area contributed by atoms with Crippen LogP contribution in [0.4, 0.5) is 0 Å². The first kappa shape index (κ1) is 26.2. The Morgan fingerprint density at radius 2 is 1.62 bits per heavy atom. The molecule has 1 aliphatic heterocycles. The smallest absolute Gasteiger partial charge is 0.243 e. The average Bonchev–Trinajstić information content (AvgIpc) is 3.14. The van der Waals surface area contributed by atoms with Crippen molar-refractivity contribution in [2.75, 3.05) is 40.8 Å². The molecule has 3 rings (SSSR count). The van der Waals surface area contributed by atoms with Crippen molar-refractivity contribution in [3.05, 3.63) is 59.7 Å². The van der Waals surface area contributed by atoms with Gasteiger partial charge >= 0.3 is 0 Å². The summed E-state index contributed by atoms with van der Waals surface area (Å²) in [5.74, 6) is 0.775. The monoisotopic (exact) mass is 487 g/mol. The van der Waals surface area contributed by atoms with Gasteiger partial charge in [-0.1, -0.05) is 37.1 Å². The molecule has 1 amide bonds. The number of carbonyl (C=O) groups excluding carboxylic acids is 1. The minimum absolute atomic E-state index is 0.0263. The van der Waals surface area contributed by atoms with E-state index in [1.54, 1.807) is 23.5 Å². The molecule has 2 aromatic carbocycles. The first-order valence-electron chi connectivity index (χ1n) is 12.0. The Hall–Kier alpha value is -2.42. The summed E-state index contributed by atoms with van der Waals surface area (Å²) in [6, 6.07) is 14.9. The van der Waals surface area contributed by atoms with Crippen LogP contribution in [0.5, 0.6) is 5.75 Å². The van der Waals surface area contributed by atoms with Crippen molar-refractivity contribution in [3.8, 4) is 5.75 Å². The van der Waals surface area contributed by atoms with Gasteiger partial charge in [0.1, 0.15) is 5.75 Å². The number of amides is 1. The van der Waals surface area contributed by atoms with Crippen molar-refractivity contribution in [1.29, 1.82) is 0 Å². The van der Waals surface area contributed by atoms with E-state index in [4.69, 9.17) is 4.74 Å². The molecule has 1 heterocycles. The molecular formula is C26H37N3O4S. The number of nitrogens with one attached hydrogen (secondary N) is 1. The van der Waals surface area contributed by atoms with E-state index in [-0.39, 0.29) is 11.9 Å². The third-order valence-electron chi connectivity index (χ3n) is 6.38. The number of ether oxygens (including phenoxy) is 1. The van der Waals surface area contributed by atoms with Crippen LogP contribution in [-0.2, 0) is 21.2 Å². The number of carbonyl (C=O) groups is 1. The number of nitrogens with zero attached hydrogens (tertiary/aromatic N) is 2. The second-order valence-corrected chi connectivity index (χ2v) is 11.0. The van der Waals surface area contributed by atoms with Crippen LogP contribution in [0.3, 0.4) is 0 Å². The van der Waals surface area contributed by atoms with Crippen molar-refractivity contribution in [1.82, 2.24) is 14.5 Å². The minimum Gasteiger partial charge on any atom is -0.497 e. The number of aryl methyl sites for hydroxylation is 1. The quantitative estimate of drug-likeness (QED) is 0.554. The van der Waals surface area contributed by atoms with Crippen molar-refractivity contribution < 1.29 is 17.9 Å². The summed E-state index contributed by atoms with van der Waals surface area (Å²) in [6.07, 6.45) is 4.91. The summed E-state index contributed by atoms with van der Waals surface area (Å²) >= 11 is 0. The van der Waals surface area contributed by atoms with Crippen LogP contribution in [0.25, 0.3) is 0 Å². The maximum absolute atomic E-state index is 12.9. The molecule has 0 aromatic heterocycles. The summed E-state index contributed by atoms with van der Waals surface area (Å²) in [5, 5.41) is 3.03. The van der Waals surface area contributed by atoms with E-state index in [2.05, 4.69) is 10.2 Å². The maximum Gasteiger partial charge on any atom is 0.243 e. The van der Waals surface area contributed by atoms with Gasteiger partial charge in [0, 0.05) is 26.1 Å². The Kier molecular flexibility index (Phi) is 9.50. The molecule has 186 valence electrons. The van der Waals surface area contributed by atoms with Gasteiger partial charge in [0.25, 0.3) is 0 Å². The third kappa shape index (κ3) is 7.04. The first-order chi connectivity index (χ1) is 16.3. The van der Waals surface area contributed by atoms with Gasteiger partial charge in [-0.2, -0.15) is 4.31 Å². The molecule has 0 saturated carbocycles. The highest BCUT2D eigenvalue weighted by atomic mass is 32.2. The molecule has 1 unspecified atom stereocenters. The molecule has 0 radical (unpaired) electrons. The van der Waals surface area contributed by atoms with Crippen LogP contribution in [0.2, 0.25) is 0 Å². The molecule has 0 bridgehead atoms. The van der Waals surface area contributed by atoms with Gasteiger partial charge in [-0.15, -0.1) is 0 Å². The summed E-state index contributed by atoms with van der Waals surface area (Å²) in [4.78, 5) is 14.9. The van der Waals surface area contributed by atoms with Crippen molar-refractivity contribution in [2.45, 2.75) is 49.5 Å². The Morgan fingerprint density at radius 3 is 2.18 bits per heavy atom. The second kappa shape index (κ2) is 12.3. The molecule has 8 heteroatoms.